The third-order valence-electron chi connectivity index (χ3n) is 7.70. The van der Waals surface area contributed by atoms with Gasteiger partial charge in [0, 0.05) is 57.2 Å². The molecule has 41 heavy (non-hydrogen) atoms. The Kier molecular flexibility index (Phi) is 10.4. The van der Waals surface area contributed by atoms with Crippen LogP contribution in [0, 0.1) is 5.92 Å². The number of benzene rings is 3. The number of methoxy groups -OCH3 is 2. The number of carbonyl (C=O) groups excluding carboxylic acids is 2. The van der Waals surface area contributed by atoms with E-state index < -0.39 is 0 Å². The fraction of sp³-hybridized carbons (Fsp3) is 0.394. The SMILES string of the molecule is COc1cccc(C(=O)Nc2ccc3c(c2)OC[C@H](C)N(CCc2ccccc2)C[C@@H](C)[C@H](OC)CN(C)C3=O)c1. The number of fused-ring (bicyclic) bond motifs is 1. The summed E-state index contributed by atoms with van der Waals surface area (Å²) in [5, 5.41) is 2.92. The molecular weight excluding hydrogens is 518 g/mol. The first-order valence-corrected chi connectivity index (χ1v) is 14.1. The van der Waals surface area contributed by atoms with Gasteiger partial charge in [-0.05, 0) is 55.2 Å². The highest BCUT2D eigenvalue weighted by molar-refractivity contribution is 6.05. The first kappa shape index (κ1) is 30.1. The van der Waals surface area contributed by atoms with E-state index in [1.54, 1.807) is 68.6 Å². The molecule has 3 aromatic rings. The molecule has 218 valence electrons. The van der Waals surface area contributed by atoms with Crippen LogP contribution >= 0.6 is 0 Å². The highest BCUT2D eigenvalue weighted by atomic mass is 16.5. The lowest BCUT2D eigenvalue weighted by molar-refractivity contribution is 0.0109. The van der Waals surface area contributed by atoms with E-state index in [0.29, 0.717) is 41.5 Å². The Morgan fingerprint density at radius 3 is 2.51 bits per heavy atom. The summed E-state index contributed by atoms with van der Waals surface area (Å²) in [7, 11) is 5.05. The van der Waals surface area contributed by atoms with Gasteiger partial charge in [-0.3, -0.25) is 14.5 Å². The van der Waals surface area contributed by atoms with Crippen molar-refractivity contribution < 1.29 is 23.8 Å². The van der Waals surface area contributed by atoms with Gasteiger partial charge in [0.25, 0.3) is 11.8 Å². The van der Waals surface area contributed by atoms with Crippen LogP contribution < -0.4 is 14.8 Å². The Hall–Kier alpha value is -3.88. The number of likely N-dealkylation sites (N-methyl/N-ethyl adjacent to an activating group) is 1. The van der Waals surface area contributed by atoms with E-state index in [4.69, 9.17) is 14.2 Å². The molecule has 0 unspecified atom stereocenters. The average molecular weight is 560 g/mol. The second kappa shape index (κ2) is 14.1. The summed E-state index contributed by atoms with van der Waals surface area (Å²) in [6.07, 6.45) is 0.797. The minimum Gasteiger partial charge on any atom is -0.497 e. The normalized spacial score (nSPS) is 20.3. The van der Waals surface area contributed by atoms with Crippen molar-refractivity contribution in [3.05, 3.63) is 89.5 Å². The molecule has 0 saturated carbocycles. The largest absolute Gasteiger partial charge is 0.497 e. The Morgan fingerprint density at radius 2 is 1.78 bits per heavy atom. The molecule has 0 bridgehead atoms. The van der Waals surface area contributed by atoms with E-state index in [1.807, 2.05) is 6.07 Å². The van der Waals surface area contributed by atoms with E-state index >= 15 is 0 Å². The Balaban J connectivity index is 1.59. The second-order valence-electron chi connectivity index (χ2n) is 10.7. The zero-order valence-corrected chi connectivity index (χ0v) is 24.6. The number of carbonyl (C=O) groups is 2. The number of ether oxygens (including phenoxy) is 3. The van der Waals surface area contributed by atoms with E-state index in [2.05, 4.69) is 48.3 Å². The standard InChI is InChI=1S/C33H41N3O5/c1-23-20-36(17-16-25-10-7-6-8-11-25)24(2)22-41-30-19-27(34-32(37)26-12-9-13-28(18-26)39-4)14-15-29(30)33(38)35(3)21-31(23)40-5/h6-15,18-19,23-24,31H,16-17,20-22H2,1-5H3,(H,34,37)/t23-,24+,31-/m1/s1. The van der Waals surface area contributed by atoms with Crippen LogP contribution in [0.2, 0.25) is 0 Å². The van der Waals surface area contributed by atoms with Crippen LogP contribution in [0.25, 0.3) is 0 Å². The van der Waals surface area contributed by atoms with Gasteiger partial charge in [-0.2, -0.15) is 0 Å². The average Bonchev–Trinajstić information content (AvgIpc) is 3.00. The van der Waals surface area contributed by atoms with Gasteiger partial charge in [0.15, 0.2) is 0 Å². The Labute approximate surface area is 243 Å². The zero-order chi connectivity index (χ0) is 29.4. The van der Waals surface area contributed by atoms with Gasteiger partial charge in [-0.25, -0.2) is 0 Å². The lowest BCUT2D eigenvalue weighted by atomic mass is 10.0. The molecule has 0 aliphatic carbocycles. The number of rotatable bonds is 7. The van der Waals surface area contributed by atoms with Crippen molar-refractivity contribution in [2.45, 2.75) is 32.4 Å². The first-order valence-electron chi connectivity index (χ1n) is 14.1. The predicted octanol–water partition coefficient (Wildman–Crippen LogP) is 5.00. The summed E-state index contributed by atoms with van der Waals surface area (Å²) in [6.45, 7) is 6.83. The molecule has 0 radical (unpaired) electrons. The molecule has 8 nitrogen and oxygen atoms in total. The number of nitrogens with one attached hydrogen (secondary N) is 1. The van der Waals surface area contributed by atoms with Crippen LogP contribution in [0.5, 0.6) is 11.5 Å². The van der Waals surface area contributed by atoms with Crippen molar-refractivity contribution in [1.82, 2.24) is 9.80 Å². The van der Waals surface area contributed by atoms with Crippen LogP contribution in [-0.4, -0.2) is 81.3 Å². The Bertz CT molecular complexity index is 1320. The highest BCUT2D eigenvalue weighted by Crippen LogP contribution is 2.27. The fourth-order valence-corrected chi connectivity index (χ4v) is 5.12. The number of hydrogen-bond acceptors (Lipinski definition) is 6. The molecule has 3 atom stereocenters. The summed E-state index contributed by atoms with van der Waals surface area (Å²) in [5.74, 6) is 0.790. The van der Waals surface area contributed by atoms with E-state index in [1.165, 1.54) is 5.56 Å². The molecule has 0 fully saturated rings. The maximum atomic E-state index is 13.5. The summed E-state index contributed by atoms with van der Waals surface area (Å²) in [6, 6.07) is 22.7. The van der Waals surface area contributed by atoms with Gasteiger partial charge >= 0.3 is 0 Å². The summed E-state index contributed by atoms with van der Waals surface area (Å²) < 4.78 is 17.5. The molecule has 1 aliphatic heterocycles. The molecule has 0 aromatic heterocycles. The van der Waals surface area contributed by atoms with Crippen molar-refractivity contribution in [3.8, 4) is 11.5 Å². The fourth-order valence-electron chi connectivity index (χ4n) is 5.12. The predicted molar refractivity (Wildman–Crippen MR) is 161 cm³/mol. The molecule has 4 rings (SSSR count). The van der Waals surface area contributed by atoms with Gasteiger partial charge in [-0.15, -0.1) is 0 Å². The van der Waals surface area contributed by atoms with Crippen molar-refractivity contribution in [1.29, 1.82) is 0 Å². The molecule has 1 aliphatic rings. The number of amides is 2. The van der Waals surface area contributed by atoms with Crippen molar-refractivity contribution in [3.63, 3.8) is 0 Å². The number of hydrogen-bond donors (Lipinski definition) is 1. The molecule has 8 heteroatoms. The molecule has 2 amide bonds. The summed E-state index contributed by atoms with van der Waals surface area (Å²) in [4.78, 5) is 30.6. The topological polar surface area (TPSA) is 80.3 Å². The van der Waals surface area contributed by atoms with E-state index in [0.717, 1.165) is 19.5 Å². The van der Waals surface area contributed by atoms with Crippen LogP contribution in [0.3, 0.4) is 0 Å². The zero-order valence-electron chi connectivity index (χ0n) is 24.6. The molecule has 3 aromatic carbocycles. The van der Waals surface area contributed by atoms with Gasteiger partial charge in [0.1, 0.15) is 18.1 Å². The van der Waals surface area contributed by atoms with E-state index in [9.17, 15) is 9.59 Å². The van der Waals surface area contributed by atoms with Crippen LogP contribution in [-0.2, 0) is 11.2 Å². The minimum atomic E-state index is -0.280. The minimum absolute atomic E-state index is 0.0776. The lowest BCUT2D eigenvalue weighted by Gasteiger charge is -2.36. The molecule has 0 saturated heterocycles. The van der Waals surface area contributed by atoms with E-state index in [-0.39, 0.29) is 29.9 Å². The lowest BCUT2D eigenvalue weighted by Crippen LogP contribution is -2.47. The van der Waals surface area contributed by atoms with Gasteiger partial charge in [0.05, 0.1) is 18.8 Å². The molecule has 0 spiro atoms. The maximum Gasteiger partial charge on any atom is 0.257 e. The van der Waals surface area contributed by atoms with Crippen molar-refractivity contribution >= 4 is 17.5 Å². The summed E-state index contributed by atoms with van der Waals surface area (Å²) >= 11 is 0. The smallest absolute Gasteiger partial charge is 0.257 e. The van der Waals surface area contributed by atoms with Crippen LogP contribution in [0.15, 0.2) is 72.8 Å². The molecular formula is C33H41N3O5. The van der Waals surface area contributed by atoms with Gasteiger partial charge < -0.3 is 24.4 Å². The van der Waals surface area contributed by atoms with Gasteiger partial charge in [0.2, 0.25) is 0 Å². The highest BCUT2D eigenvalue weighted by Gasteiger charge is 2.28. The first-order chi connectivity index (χ1) is 19.8. The van der Waals surface area contributed by atoms with Gasteiger partial charge in [-0.1, -0.05) is 43.3 Å². The monoisotopic (exact) mass is 559 g/mol. The van der Waals surface area contributed by atoms with Crippen LogP contribution in [0.1, 0.15) is 40.1 Å². The number of anilines is 1. The number of nitrogens with zero attached hydrogens (tertiary/aromatic N) is 2. The molecule has 1 heterocycles. The third-order valence-corrected chi connectivity index (χ3v) is 7.70. The third kappa shape index (κ3) is 7.86. The molecule has 1 N–H and O–H groups in total. The van der Waals surface area contributed by atoms with Crippen molar-refractivity contribution in [2.24, 2.45) is 5.92 Å². The quantitative estimate of drug-likeness (QED) is 0.439. The second-order valence-corrected chi connectivity index (χ2v) is 10.7. The Morgan fingerprint density at radius 1 is 1.00 bits per heavy atom. The van der Waals surface area contributed by atoms with Crippen LogP contribution in [0.4, 0.5) is 5.69 Å². The summed E-state index contributed by atoms with van der Waals surface area (Å²) in [5.41, 5.74) is 2.74. The maximum absolute atomic E-state index is 13.5. The van der Waals surface area contributed by atoms with Crippen molar-refractivity contribution in [2.75, 3.05) is 52.8 Å².